The Morgan fingerprint density at radius 3 is 1.61 bits per heavy atom. The van der Waals surface area contributed by atoms with E-state index in [4.69, 9.17) is 4.98 Å². The molecule has 0 spiro atoms. The fourth-order valence-electron chi connectivity index (χ4n) is 8.32. The van der Waals surface area contributed by atoms with Crippen LogP contribution in [0.4, 0.5) is 0 Å². The van der Waals surface area contributed by atoms with Gasteiger partial charge in [-0.1, -0.05) is 158 Å². The molecule has 9 aromatic carbocycles. The van der Waals surface area contributed by atoms with Crippen molar-refractivity contribution in [1.82, 2.24) is 4.98 Å². The summed E-state index contributed by atoms with van der Waals surface area (Å²) in [7, 11) is 0. The molecule has 0 radical (unpaired) electrons. The lowest BCUT2D eigenvalue weighted by Crippen LogP contribution is -1.92. The summed E-state index contributed by atoms with van der Waals surface area (Å²) in [4.78, 5) is 5.37. The monoisotopic (exact) mass is 663 g/mol. The number of aromatic nitrogens is 1. The highest BCUT2D eigenvalue weighted by atomic mass is 32.1. The molecule has 236 valence electrons. The molecule has 0 saturated heterocycles. The van der Waals surface area contributed by atoms with Crippen molar-refractivity contribution in [2.75, 3.05) is 0 Å². The van der Waals surface area contributed by atoms with Crippen molar-refractivity contribution >= 4 is 85.5 Å². The van der Waals surface area contributed by atoms with Gasteiger partial charge in [-0.2, -0.15) is 0 Å². The number of fused-ring (bicyclic) bond motifs is 10. The first-order chi connectivity index (χ1) is 25.3. The van der Waals surface area contributed by atoms with Crippen molar-refractivity contribution in [1.29, 1.82) is 0 Å². The predicted octanol–water partition coefficient (Wildman–Crippen LogP) is 14.2. The van der Waals surface area contributed by atoms with Crippen molar-refractivity contribution in [2.24, 2.45) is 0 Å². The van der Waals surface area contributed by atoms with Crippen LogP contribution in [-0.2, 0) is 0 Å². The van der Waals surface area contributed by atoms with Crippen molar-refractivity contribution in [3.63, 3.8) is 0 Å². The van der Waals surface area contributed by atoms with Crippen LogP contribution < -0.4 is 0 Å². The lowest BCUT2D eigenvalue weighted by Gasteiger charge is -2.18. The van der Waals surface area contributed by atoms with Crippen LogP contribution in [0, 0.1) is 0 Å². The van der Waals surface area contributed by atoms with Gasteiger partial charge < -0.3 is 0 Å². The lowest BCUT2D eigenvalue weighted by atomic mass is 9.85. The molecule has 51 heavy (non-hydrogen) atoms. The molecule has 0 fully saturated rings. The van der Waals surface area contributed by atoms with Gasteiger partial charge >= 0.3 is 0 Å². The molecule has 0 amide bonds. The Kier molecular flexibility index (Phi) is 6.19. The molecular formula is C49H29NS. The Balaban J connectivity index is 1.14. The number of para-hydroxylation sites is 1. The second kappa shape index (κ2) is 11.1. The van der Waals surface area contributed by atoms with Crippen LogP contribution in [0.1, 0.15) is 0 Å². The molecule has 0 unspecified atom stereocenters. The summed E-state index contributed by atoms with van der Waals surface area (Å²) in [6, 6.07) is 64.3. The third-order valence-electron chi connectivity index (χ3n) is 10.6. The Morgan fingerprint density at radius 1 is 0.353 bits per heavy atom. The molecule has 2 aromatic heterocycles. The van der Waals surface area contributed by atoms with E-state index in [-0.39, 0.29) is 0 Å². The second-order valence-electron chi connectivity index (χ2n) is 13.4. The van der Waals surface area contributed by atoms with Gasteiger partial charge in [-0.05, 0) is 78.2 Å². The minimum Gasteiger partial charge on any atom is -0.247 e. The van der Waals surface area contributed by atoms with Gasteiger partial charge in [0.25, 0.3) is 0 Å². The van der Waals surface area contributed by atoms with Gasteiger partial charge in [0, 0.05) is 36.5 Å². The highest BCUT2D eigenvalue weighted by Gasteiger charge is 2.19. The average molecular weight is 664 g/mol. The summed E-state index contributed by atoms with van der Waals surface area (Å²) in [6.07, 6.45) is 0. The molecule has 2 heteroatoms. The maximum atomic E-state index is 5.37. The van der Waals surface area contributed by atoms with Crippen LogP contribution in [0.2, 0.25) is 0 Å². The molecule has 0 aliphatic heterocycles. The van der Waals surface area contributed by atoms with Gasteiger partial charge in [0.1, 0.15) is 0 Å². The number of thiophene rings is 1. The van der Waals surface area contributed by atoms with E-state index in [0.29, 0.717) is 0 Å². The number of rotatable bonds is 3. The van der Waals surface area contributed by atoms with Crippen LogP contribution in [-0.4, -0.2) is 4.98 Å². The van der Waals surface area contributed by atoms with Gasteiger partial charge in [-0.3, -0.25) is 0 Å². The Morgan fingerprint density at radius 2 is 0.882 bits per heavy atom. The van der Waals surface area contributed by atoms with Crippen LogP contribution in [0.25, 0.3) is 108 Å². The number of pyridine rings is 1. The van der Waals surface area contributed by atoms with E-state index in [1.165, 1.54) is 90.9 Å². The van der Waals surface area contributed by atoms with E-state index in [0.717, 1.165) is 16.8 Å². The second-order valence-corrected chi connectivity index (χ2v) is 14.5. The zero-order valence-corrected chi connectivity index (χ0v) is 28.4. The number of hydrogen-bond acceptors (Lipinski definition) is 2. The first-order valence-electron chi connectivity index (χ1n) is 17.5. The van der Waals surface area contributed by atoms with Crippen molar-refractivity contribution in [3.8, 4) is 33.5 Å². The molecule has 0 N–H and O–H groups in total. The van der Waals surface area contributed by atoms with Gasteiger partial charge in [0.05, 0.1) is 11.2 Å². The highest BCUT2D eigenvalue weighted by Crippen LogP contribution is 2.46. The Labute approximate surface area is 298 Å². The fourth-order valence-corrected chi connectivity index (χ4v) is 9.57. The van der Waals surface area contributed by atoms with E-state index in [2.05, 4.69) is 176 Å². The number of benzene rings is 9. The first-order valence-corrected chi connectivity index (χ1v) is 18.3. The standard InChI is InChI=1S/C49H29NS/c1-2-12-33-29-34(26-21-30(33)11-1)46-39-17-5-3-15-37(39)45(38-16-4-6-18-40(38)46)31-22-24-32(25-23-31)48-47-41(35-13-7-9-19-43(35)50-48)27-28-42-36-14-8-10-20-44(36)51-49(42)47/h1-29H. The normalized spacial score (nSPS) is 11.9. The average Bonchev–Trinajstić information content (AvgIpc) is 3.58. The fraction of sp³-hybridized carbons (Fsp3) is 0. The highest BCUT2D eigenvalue weighted by molar-refractivity contribution is 7.26. The van der Waals surface area contributed by atoms with Gasteiger partial charge in [0.2, 0.25) is 0 Å². The van der Waals surface area contributed by atoms with Gasteiger partial charge in [0.15, 0.2) is 0 Å². The minimum atomic E-state index is 1.02. The largest absolute Gasteiger partial charge is 0.247 e. The van der Waals surface area contributed by atoms with Gasteiger partial charge in [-0.25, -0.2) is 4.98 Å². The molecule has 2 heterocycles. The summed E-state index contributed by atoms with van der Waals surface area (Å²) < 4.78 is 2.60. The summed E-state index contributed by atoms with van der Waals surface area (Å²) in [5.41, 5.74) is 8.17. The van der Waals surface area contributed by atoms with Crippen molar-refractivity contribution < 1.29 is 0 Å². The number of hydrogen-bond donors (Lipinski definition) is 0. The molecule has 0 aliphatic carbocycles. The summed E-state index contributed by atoms with van der Waals surface area (Å²) in [5, 5.41) is 13.8. The SMILES string of the molecule is c1ccc2cc(-c3c4ccccc4c(-c4ccc(-c5nc6ccccc6c6ccc7c8ccccc8sc7c56)cc4)c4ccccc34)ccc2c1. The molecular weight excluding hydrogens is 635 g/mol. The maximum absolute atomic E-state index is 5.37. The number of nitrogens with zero attached hydrogens (tertiary/aromatic N) is 1. The third-order valence-corrected chi connectivity index (χ3v) is 11.8. The maximum Gasteiger partial charge on any atom is 0.0802 e. The summed E-state index contributed by atoms with van der Waals surface area (Å²) >= 11 is 1.87. The third kappa shape index (κ3) is 4.30. The van der Waals surface area contributed by atoms with Crippen LogP contribution in [0.5, 0.6) is 0 Å². The lowest BCUT2D eigenvalue weighted by molar-refractivity contribution is 1.43. The molecule has 0 saturated carbocycles. The van der Waals surface area contributed by atoms with Gasteiger partial charge in [-0.15, -0.1) is 11.3 Å². The van der Waals surface area contributed by atoms with Crippen LogP contribution in [0.3, 0.4) is 0 Å². The Bertz CT molecular complexity index is 3130. The smallest absolute Gasteiger partial charge is 0.0802 e. The van der Waals surface area contributed by atoms with E-state index in [9.17, 15) is 0 Å². The van der Waals surface area contributed by atoms with Crippen molar-refractivity contribution in [3.05, 3.63) is 176 Å². The minimum absolute atomic E-state index is 1.02. The molecule has 11 aromatic rings. The predicted molar refractivity (Wildman–Crippen MR) is 221 cm³/mol. The zero-order valence-electron chi connectivity index (χ0n) is 27.6. The topological polar surface area (TPSA) is 12.9 Å². The van der Waals surface area contributed by atoms with E-state index < -0.39 is 0 Å². The van der Waals surface area contributed by atoms with E-state index in [1.807, 2.05) is 11.3 Å². The zero-order chi connectivity index (χ0) is 33.5. The van der Waals surface area contributed by atoms with Crippen LogP contribution in [0.15, 0.2) is 176 Å². The van der Waals surface area contributed by atoms with Crippen LogP contribution >= 0.6 is 11.3 Å². The molecule has 0 atom stereocenters. The quantitative estimate of drug-likeness (QED) is 0.135. The summed E-state index contributed by atoms with van der Waals surface area (Å²) in [6.45, 7) is 0. The first kappa shape index (κ1) is 28.5. The van der Waals surface area contributed by atoms with E-state index >= 15 is 0 Å². The summed E-state index contributed by atoms with van der Waals surface area (Å²) in [5.74, 6) is 0. The Hall–Kier alpha value is -6.35. The molecule has 11 rings (SSSR count). The van der Waals surface area contributed by atoms with Crippen molar-refractivity contribution in [2.45, 2.75) is 0 Å². The molecule has 1 nitrogen and oxygen atoms in total. The molecule has 0 bridgehead atoms. The van der Waals surface area contributed by atoms with E-state index in [1.54, 1.807) is 0 Å². The molecule has 0 aliphatic rings.